The second kappa shape index (κ2) is 5.55. The first-order valence-electron chi connectivity index (χ1n) is 10.4. The zero-order valence-corrected chi connectivity index (χ0v) is 15.5. The van der Waals surface area contributed by atoms with E-state index in [1.165, 1.54) is 5.56 Å². The van der Waals surface area contributed by atoms with Crippen LogP contribution in [0.4, 0.5) is 0 Å². The van der Waals surface area contributed by atoms with Crippen molar-refractivity contribution in [1.29, 1.82) is 0 Å². The fourth-order valence-electron chi connectivity index (χ4n) is 3.99. The van der Waals surface area contributed by atoms with E-state index in [1.807, 2.05) is 31.2 Å². The van der Waals surface area contributed by atoms with E-state index < -0.39 is 6.85 Å². The molecule has 25 heavy (non-hydrogen) atoms. The van der Waals surface area contributed by atoms with E-state index in [1.54, 1.807) is 6.07 Å². The molecule has 4 aromatic rings. The Labute approximate surface area is 153 Å². The summed E-state index contributed by atoms with van der Waals surface area (Å²) >= 11 is 0. The molecule has 0 radical (unpaired) electrons. The number of hydrogen-bond donors (Lipinski definition) is 0. The number of fused-ring (bicyclic) bond motifs is 6. The van der Waals surface area contributed by atoms with Gasteiger partial charge >= 0.3 is 5.82 Å². The highest BCUT2D eigenvalue weighted by Gasteiger charge is 2.26. The summed E-state index contributed by atoms with van der Waals surface area (Å²) in [5.74, 6) is 1.22. The van der Waals surface area contributed by atoms with E-state index in [-0.39, 0.29) is 6.04 Å². The van der Waals surface area contributed by atoms with E-state index in [0.29, 0.717) is 11.5 Å². The first-order valence-corrected chi connectivity index (χ1v) is 8.91. The van der Waals surface area contributed by atoms with Crippen molar-refractivity contribution in [2.24, 2.45) is 0 Å². The fraction of sp³-hybridized carbons (Fsp3) is 0.364. The Morgan fingerprint density at radius 1 is 1.04 bits per heavy atom. The number of aryl methyl sites for hydroxylation is 2. The lowest BCUT2D eigenvalue weighted by Gasteiger charge is -2.15. The van der Waals surface area contributed by atoms with Gasteiger partial charge in [0.2, 0.25) is 0 Å². The molecule has 2 aromatic heterocycles. The summed E-state index contributed by atoms with van der Waals surface area (Å²) in [7, 11) is 0. The minimum atomic E-state index is -2.19. The molecule has 3 heteroatoms. The lowest BCUT2D eigenvalue weighted by Crippen LogP contribution is -2.44. The van der Waals surface area contributed by atoms with Crippen molar-refractivity contribution in [2.75, 3.05) is 0 Å². The third kappa shape index (κ3) is 2.18. The Kier molecular flexibility index (Phi) is 2.86. The Balaban J connectivity index is 2.42. The lowest BCUT2D eigenvalue weighted by atomic mass is 9.95. The Morgan fingerprint density at radius 2 is 1.76 bits per heavy atom. The quantitative estimate of drug-likeness (QED) is 0.362. The molecule has 0 saturated heterocycles. The van der Waals surface area contributed by atoms with Crippen LogP contribution in [0.2, 0.25) is 0 Å². The Bertz CT molecular complexity index is 1220. The molecule has 0 atom stereocenters. The summed E-state index contributed by atoms with van der Waals surface area (Å²) in [5, 5.41) is 2.63. The van der Waals surface area contributed by atoms with Crippen molar-refractivity contribution in [1.82, 2.24) is 9.50 Å². The summed E-state index contributed by atoms with van der Waals surface area (Å²) in [6.45, 7) is 8.46. The van der Waals surface area contributed by atoms with Gasteiger partial charge in [-0.3, -0.25) is 0 Å². The molecule has 0 N–H and O–H groups in total. The normalized spacial score (nSPS) is 14.6. The minimum absolute atomic E-state index is 0.224. The molecule has 128 valence electrons. The van der Waals surface area contributed by atoms with Gasteiger partial charge in [-0.25, -0.2) is 0 Å². The Hall–Kier alpha value is -2.42. The van der Waals surface area contributed by atoms with E-state index in [9.17, 15) is 0 Å². The highest BCUT2D eigenvalue weighted by Crippen LogP contribution is 2.34. The number of aromatic nitrogens is 3. The molecule has 0 unspecified atom stereocenters. The van der Waals surface area contributed by atoms with Gasteiger partial charge in [-0.05, 0) is 48.8 Å². The molecule has 0 aliphatic carbocycles. The smallest absolute Gasteiger partial charge is 0.146 e. The van der Waals surface area contributed by atoms with Crippen molar-refractivity contribution < 1.29 is 8.79 Å². The zero-order valence-electron chi connectivity index (χ0n) is 18.5. The number of rotatable bonds is 2. The van der Waals surface area contributed by atoms with E-state index in [4.69, 9.17) is 9.10 Å². The molecule has 4 rings (SSSR count). The predicted molar refractivity (Wildman–Crippen MR) is 104 cm³/mol. The van der Waals surface area contributed by atoms with Crippen LogP contribution in [0.5, 0.6) is 0 Å². The highest BCUT2D eigenvalue weighted by molar-refractivity contribution is 6.13. The Morgan fingerprint density at radius 3 is 2.44 bits per heavy atom. The predicted octanol–water partition coefficient (Wildman–Crippen LogP) is 5.25. The largest absolute Gasteiger partial charge is 0.317 e. The van der Waals surface area contributed by atoms with Crippen LogP contribution in [0.25, 0.3) is 27.3 Å². The number of para-hydroxylation sites is 1. The second-order valence-corrected chi connectivity index (χ2v) is 7.36. The third-order valence-corrected chi connectivity index (χ3v) is 4.98. The molecule has 0 bridgehead atoms. The maximum absolute atomic E-state index is 8.09. The number of pyridine rings is 1. The molecule has 0 fully saturated rings. The molecular weight excluding hydrogens is 306 g/mol. The minimum Gasteiger partial charge on any atom is -0.146 e. The zero-order chi connectivity index (χ0) is 20.4. The molecule has 2 aromatic carbocycles. The van der Waals surface area contributed by atoms with Crippen molar-refractivity contribution >= 4 is 27.3 Å². The van der Waals surface area contributed by atoms with Gasteiger partial charge in [0.05, 0.1) is 10.9 Å². The summed E-state index contributed by atoms with van der Waals surface area (Å²) < 4.78 is 28.7. The summed E-state index contributed by atoms with van der Waals surface area (Å²) in [6, 6.07) is 12.0. The molecule has 0 aliphatic rings. The van der Waals surface area contributed by atoms with Gasteiger partial charge in [0, 0.05) is 21.8 Å². The average Bonchev–Trinajstić information content (AvgIpc) is 2.97. The van der Waals surface area contributed by atoms with Gasteiger partial charge in [-0.2, -0.15) is 0 Å². The van der Waals surface area contributed by atoms with Crippen molar-refractivity contribution in [3.63, 3.8) is 0 Å². The number of hydrogen-bond acceptors (Lipinski definition) is 1. The summed E-state index contributed by atoms with van der Waals surface area (Å²) in [5.41, 5.74) is 3.44. The van der Waals surface area contributed by atoms with E-state index in [0.717, 1.165) is 33.1 Å². The van der Waals surface area contributed by atoms with Gasteiger partial charge in [-0.1, -0.05) is 44.2 Å². The van der Waals surface area contributed by atoms with Gasteiger partial charge in [-0.15, -0.1) is 9.20 Å². The van der Waals surface area contributed by atoms with Crippen LogP contribution in [-0.4, -0.2) is 9.50 Å². The van der Waals surface area contributed by atoms with Gasteiger partial charge < -0.3 is 0 Å². The van der Waals surface area contributed by atoms with Gasteiger partial charge in [0.25, 0.3) is 5.65 Å². The molecule has 3 nitrogen and oxygen atoms in total. The molecule has 0 aliphatic heterocycles. The molecule has 0 amide bonds. The van der Waals surface area contributed by atoms with Crippen molar-refractivity contribution in [3.05, 3.63) is 53.3 Å². The van der Waals surface area contributed by atoms with Gasteiger partial charge in [0.1, 0.15) is 6.04 Å². The highest BCUT2D eigenvalue weighted by atomic mass is 15.4. The van der Waals surface area contributed by atoms with Crippen LogP contribution >= 0.6 is 0 Å². The molecule has 0 spiro atoms. The number of benzene rings is 2. The number of nitrogens with zero attached hydrogens (tertiary/aromatic N) is 3. The lowest BCUT2D eigenvalue weighted by molar-refractivity contribution is -0.781. The summed E-state index contributed by atoms with van der Waals surface area (Å²) in [4.78, 5) is 4.88. The monoisotopic (exact) mass is 335 g/mol. The van der Waals surface area contributed by atoms with Crippen LogP contribution in [0.1, 0.15) is 60.7 Å². The topological polar surface area (TPSA) is 21.2 Å². The fourth-order valence-corrected chi connectivity index (χ4v) is 3.99. The van der Waals surface area contributed by atoms with E-state index in [2.05, 4.69) is 43.0 Å². The molecule has 2 heterocycles. The first-order chi connectivity index (χ1) is 13.1. The molecule has 0 saturated carbocycles. The maximum Gasteiger partial charge on any atom is 0.317 e. The van der Waals surface area contributed by atoms with Crippen LogP contribution < -0.4 is 4.68 Å². The third-order valence-electron chi connectivity index (χ3n) is 4.98. The first kappa shape index (κ1) is 12.9. The van der Waals surface area contributed by atoms with Gasteiger partial charge in [0.15, 0.2) is 0 Å². The standard InChI is InChI=1S/C22H26N3/c1-13(2)17-10-8-11-18-20-15(5)9-7-12-19(20)22-23-16(6)24(14(3)4)25(22)21(17)18/h7-14H,1-6H3/q+1/i5D3. The van der Waals surface area contributed by atoms with Crippen molar-refractivity contribution in [2.45, 2.75) is 53.4 Å². The van der Waals surface area contributed by atoms with Crippen LogP contribution in [-0.2, 0) is 0 Å². The average molecular weight is 335 g/mol. The van der Waals surface area contributed by atoms with Crippen LogP contribution in [0, 0.1) is 13.8 Å². The van der Waals surface area contributed by atoms with Crippen LogP contribution in [0.15, 0.2) is 36.4 Å². The summed E-state index contributed by atoms with van der Waals surface area (Å²) in [6.07, 6.45) is 0. The second-order valence-electron chi connectivity index (χ2n) is 7.36. The van der Waals surface area contributed by atoms with Crippen LogP contribution in [0.3, 0.4) is 0 Å². The van der Waals surface area contributed by atoms with E-state index >= 15 is 0 Å². The molecular formula is C22H26N3+. The van der Waals surface area contributed by atoms with Crippen molar-refractivity contribution in [3.8, 4) is 0 Å². The SMILES string of the molecule is [2H]C([2H])([2H])c1cccc2c1c1cccc(C(C)C)c1n1c2nc(C)[n+]1C(C)C. The maximum atomic E-state index is 8.09.